The van der Waals surface area contributed by atoms with Crippen LogP contribution in [0.1, 0.15) is 55.5 Å². The molecule has 0 saturated carbocycles. The number of aryl methyl sites for hydroxylation is 2. The first-order valence-electron chi connectivity index (χ1n) is 10.6. The van der Waals surface area contributed by atoms with Crippen molar-refractivity contribution in [2.24, 2.45) is 0 Å². The minimum absolute atomic E-state index is 0.0370. The van der Waals surface area contributed by atoms with Crippen LogP contribution in [-0.4, -0.2) is 21.2 Å². The molecule has 0 fully saturated rings. The van der Waals surface area contributed by atoms with Crippen LogP contribution in [0.2, 0.25) is 0 Å². The Morgan fingerprint density at radius 3 is 2.80 bits per heavy atom. The summed E-state index contributed by atoms with van der Waals surface area (Å²) in [6, 6.07) is 7.88. The van der Waals surface area contributed by atoms with Crippen molar-refractivity contribution in [2.75, 3.05) is 11.1 Å². The molecule has 1 aliphatic carbocycles. The molecule has 0 radical (unpaired) electrons. The van der Waals surface area contributed by atoms with E-state index in [0.29, 0.717) is 17.6 Å². The number of anilines is 1. The summed E-state index contributed by atoms with van der Waals surface area (Å²) in [4.78, 5) is 32.7. The summed E-state index contributed by atoms with van der Waals surface area (Å²) in [5.41, 5.74) is 3.21. The number of hydrogen-bond donors (Lipinski definition) is 1. The number of thioether (sulfide) groups is 1. The number of fused-ring (bicyclic) bond motifs is 3. The largest absolute Gasteiger partial charge is 0.325 e. The minimum Gasteiger partial charge on any atom is -0.325 e. The quantitative estimate of drug-likeness (QED) is 0.421. The number of carbonyl (C=O) groups excluding carboxylic acids is 1. The van der Waals surface area contributed by atoms with Crippen LogP contribution >= 0.6 is 23.1 Å². The van der Waals surface area contributed by atoms with Gasteiger partial charge in [0.1, 0.15) is 4.83 Å². The number of nitrogens with one attached hydrogen (secondary N) is 1. The molecule has 4 rings (SSSR count). The molecular formula is C23H27N3O2S2. The second-order valence-electron chi connectivity index (χ2n) is 7.91. The molecule has 7 heteroatoms. The van der Waals surface area contributed by atoms with Crippen LogP contribution in [0, 0.1) is 0 Å². The van der Waals surface area contributed by atoms with Gasteiger partial charge in [0.2, 0.25) is 5.91 Å². The second kappa shape index (κ2) is 8.94. The Balaban J connectivity index is 1.57. The molecular weight excluding hydrogens is 414 g/mol. The van der Waals surface area contributed by atoms with Gasteiger partial charge in [0, 0.05) is 17.1 Å². The lowest BCUT2D eigenvalue weighted by Crippen LogP contribution is -2.24. The van der Waals surface area contributed by atoms with Crippen LogP contribution in [0.15, 0.2) is 34.2 Å². The zero-order chi connectivity index (χ0) is 21.3. The van der Waals surface area contributed by atoms with Crippen LogP contribution in [0.5, 0.6) is 0 Å². The molecule has 1 aromatic carbocycles. The summed E-state index contributed by atoms with van der Waals surface area (Å²) in [6.45, 7) is 6.72. The average Bonchev–Trinajstić information content (AvgIpc) is 3.11. The van der Waals surface area contributed by atoms with Crippen molar-refractivity contribution >= 4 is 44.9 Å². The predicted molar refractivity (Wildman–Crippen MR) is 126 cm³/mol. The van der Waals surface area contributed by atoms with E-state index in [1.165, 1.54) is 28.6 Å². The zero-order valence-corrected chi connectivity index (χ0v) is 19.3. The van der Waals surface area contributed by atoms with E-state index < -0.39 is 0 Å². The third-order valence-corrected chi connectivity index (χ3v) is 7.71. The molecule has 1 aliphatic rings. The normalized spacial score (nSPS) is 13.6. The Morgan fingerprint density at radius 2 is 2.03 bits per heavy atom. The minimum atomic E-state index is -0.0874. The van der Waals surface area contributed by atoms with Crippen LogP contribution in [0.25, 0.3) is 10.2 Å². The monoisotopic (exact) mass is 441 g/mol. The zero-order valence-electron chi connectivity index (χ0n) is 17.7. The van der Waals surface area contributed by atoms with E-state index in [9.17, 15) is 9.59 Å². The highest BCUT2D eigenvalue weighted by atomic mass is 32.2. The average molecular weight is 442 g/mol. The fraction of sp³-hybridized carbons (Fsp3) is 0.435. The number of thiophene rings is 1. The maximum Gasteiger partial charge on any atom is 0.263 e. The molecule has 0 bridgehead atoms. The summed E-state index contributed by atoms with van der Waals surface area (Å²) >= 11 is 2.99. The lowest BCUT2D eigenvalue weighted by atomic mass is 9.97. The summed E-state index contributed by atoms with van der Waals surface area (Å²) in [5, 5.41) is 4.45. The highest BCUT2D eigenvalue weighted by Gasteiger charge is 2.22. The van der Waals surface area contributed by atoms with Crippen LogP contribution in [0.4, 0.5) is 5.69 Å². The van der Waals surface area contributed by atoms with Crippen molar-refractivity contribution in [3.8, 4) is 0 Å². The summed E-state index contributed by atoms with van der Waals surface area (Å²) in [6.07, 6.45) is 4.34. The molecule has 5 nitrogen and oxygen atoms in total. The molecule has 1 amide bonds. The van der Waals surface area contributed by atoms with Gasteiger partial charge in [-0.15, -0.1) is 11.3 Å². The highest BCUT2D eigenvalue weighted by molar-refractivity contribution is 7.99. The lowest BCUT2D eigenvalue weighted by Gasteiger charge is -2.14. The molecule has 0 spiro atoms. The van der Waals surface area contributed by atoms with E-state index >= 15 is 0 Å². The molecule has 2 heterocycles. The maximum atomic E-state index is 13.2. The van der Waals surface area contributed by atoms with Gasteiger partial charge in [0.15, 0.2) is 5.16 Å². The van der Waals surface area contributed by atoms with Crippen molar-refractivity contribution in [3.05, 3.63) is 50.6 Å². The van der Waals surface area contributed by atoms with Gasteiger partial charge in [-0.1, -0.05) is 43.8 Å². The van der Waals surface area contributed by atoms with Gasteiger partial charge in [-0.2, -0.15) is 0 Å². The van der Waals surface area contributed by atoms with E-state index in [2.05, 4.69) is 19.2 Å². The van der Waals surface area contributed by atoms with Gasteiger partial charge in [-0.25, -0.2) is 4.98 Å². The van der Waals surface area contributed by atoms with Gasteiger partial charge >= 0.3 is 0 Å². The van der Waals surface area contributed by atoms with E-state index in [1.54, 1.807) is 15.9 Å². The van der Waals surface area contributed by atoms with Gasteiger partial charge < -0.3 is 5.32 Å². The molecule has 0 unspecified atom stereocenters. The smallest absolute Gasteiger partial charge is 0.263 e. The first kappa shape index (κ1) is 21.1. The fourth-order valence-corrected chi connectivity index (χ4v) is 6.21. The maximum absolute atomic E-state index is 13.2. The van der Waals surface area contributed by atoms with Crippen LogP contribution in [0.3, 0.4) is 0 Å². The molecule has 0 saturated heterocycles. The van der Waals surface area contributed by atoms with Gasteiger partial charge in [-0.05, 0) is 55.7 Å². The highest BCUT2D eigenvalue weighted by Crippen LogP contribution is 2.34. The number of rotatable bonds is 6. The van der Waals surface area contributed by atoms with Gasteiger partial charge in [0.05, 0.1) is 11.1 Å². The van der Waals surface area contributed by atoms with Crippen molar-refractivity contribution < 1.29 is 4.79 Å². The number of carbonyl (C=O) groups is 1. The van der Waals surface area contributed by atoms with Gasteiger partial charge in [0.25, 0.3) is 5.56 Å². The second-order valence-corrected chi connectivity index (χ2v) is 9.94. The SMILES string of the molecule is CCn1c(SCC(=O)Nc2ccccc2C(C)C)nc2sc3c(c2c1=O)CCCC3. The van der Waals surface area contributed by atoms with E-state index in [4.69, 9.17) is 4.98 Å². The van der Waals surface area contributed by atoms with Gasteiger partial charge in [-0.3, -0.25) is 14.2 Å². The number of nitrogens with zero attached hydrogens (tertiary/aromatic N) is 2. The number of benzene rings is 1. The Bertz CT molecular complexity index is 1150. The first-order valence-corrected chi connectivity index (χ1v) is 12.4. The summed E-state index contributed by atoms with van der Waals surface area (Å²) in [5.74, 6) is 0.457. The Morgan fingerprint density at radius 1 is 1.27 bits per heavy atom. The Kier molecular flexibility index (Phi) is 6.29. The van der Waals surface area contributed by atoms with Crippen molar-refractivity contribution in [2.45, 2.75) is 64.1 Å². The lowest BCUT2D eigenvalue weighted by molar-refractivity contribution is -0.113. The molecule has 158 valence electrons. The topological polar surface area (TPSA) is 64.0 Å². The Hall–Kier alpha value is -2.12. The third kappa shape index (κ3) is 4.05. The molecule has 0 aliphatic heterocycles. The molecule has 1 N–H and O–H groups in total. The van der Waals surface area contributed by atoms with E-state index in [0.717, 1.165) is 40.7 Å². The standard InChI is InChI=1S/C23H27N3O2S2/c1-4-26-22(28)20-16-10-6-8-12-18(16)30-21(20)25-23(26)29-13-19(27)24-17-11-7-5-9-15(17)14(2)3/h5,7,9,11,14H,4,6,8,10,12-13H2,1-3H3,(H,24,27). The number of aromatic nitrogens is 2. The van der Waals surface area contributed by atoms with E-state index in [1.807, 2.05) is 31.2 Å². The van der Waals surface area contributed by atoms with Crippen LogP contribution in [-0.2, 0) is 24.2 Å². The number of para-hydroxylation sites is 1. The summed E-state index contributed by atoms with van der Waals surface area (Å²) < 4.78 is 1.71. The van der Waals surface area contributed by atoms with Crippen molar-refractivity contribution in [3.63, 3.8) is 0 Å². The molecule has 3 aromatic rings. The van der Waals surface area contributed by atoms with Crippen molar-refractivity contribution in [1.29, 1.82) is 0 Å². The van der Waals surface area contributed by atoms with Crippen molar-refractivity contribution in [1.82, 2.24) is 9.55 Å². The third-order valence-electron chi connectivity index (χ3n) is 5.55. The predicted octanol–water partition coefficient (Wildman–Crippen LogP) is 5.21. The fourth-order valence-electron chi connectivity index (χ4n) is 4.04. The number of amides is 1. The molecule has 0 atom stereocenters. The summed E-state index contributed by atoms with van der Waals surface area (Å²) in [7, 11) is 0. The molecule has 30 heavy (non-hydrogen) atoms. The van der Waals surface area contributed by atoms with E-state index in [-0.39, 0.29) is 17.2 Å². The molecule has 2 aromatic heterocycles. The number of hydrogen-bond acceptors (Lipinski definition) is 5. The first-order chi connectivity index (χ1) is 14.5. The Labute approximate surface area is 184 Å². The van der Waals surface area contributed by atoms with Crippen LogP contribution < -0.4 is 10.9 Å².